The molecule has 0 amide bonds. The van der Waals surface area contributed by atoms with Crippen molar-refractivity contribution in [2.45, 2.75) is 0 Å². The summed E-state index contributed by atoms with van der Waals surface area (Å²) in [4.78, 5) is 2.42. The molecule has 11 aromatic rings. The highest BCUT2D eigenvalue weighted by Gasteiger charge is 2.21. The van der Waals surface area contributed by atoms with Crippen molar-refractivity contribution in [2.24, 2.45) is 0 Å². The summed E-state index contributed by atoms with van der Waals surface area (Å²) in [5.74, 6) is 0. The van der Waals surface area contributed by atoms with Crippen LogP contribution in [-0.2, 0) is 0 Å². The fraction of sp³-hybridized carbons (Fsp3) is 0. The maximum atomic E-state index is 2.42. The molecular weight excluding hydrogens is 685 g/mol. The van der Waals surface area contributed by atoms with Crippen LogP contribution in [0.4, 0.5) is 17.1 Å². The molecule has 55 heavy (non-hydrogen) atoms. The second-order valence-electron chi connectivity index (χ2n) is 14.1. The molecule has 258 valence electrons. The van der Waals surface area contributed by atoms with Gasteiger partial charge in [-0.3, -0.25) is 0 Å². The summed E-state index contributed by atoms with van der Waals surface area (Å²) in [7, 11) is 0. The van der Waals surface area contributed by atoms with E-state index in [2.05, 4.69) is 216 Å². The Bertz CT molecular complexity index is 3180. The third kappa shape index (κ3) is 5.24. The number of benzene rings is 9. The molecule has 2 aromatic heterocycles. The Morgan fingerprint density at radius 3 is 1.71 bits per heavy atom. The van der Waals surface area contributed by atoms with E-state index in [1.54, 1.807) is 0 Å². The smallest absolute Gasteiger partial charge is 0.0562 e. The predicted octanol–water partition coefficient (Wildman–Crippen LogP) is 15.1. The van der Waals surface area contributed by atoms with Gasteiger partial charge < -0.3 is 9.47 Å². The zero-order valence-electron chi connectivity index (χ0n) is 29.9. The van der Waals surface area contributed by atoms with Gasteiger partial charge in [-0.15, -0.1) is 11.3 Å². The topological polar surface area (TPSA) is 8.17 Å². The van der Waals surface area contributed by atoms with Gasteiger partial charge in [-0.1, -0.05) is 133 Å². The highest BCUT2D eigenvalue weighted by molar-refractivity contribution is 7.26. The third-order valence-corrected chi connectivity index (χ3v) is 12.1. The number of hydrogen-bond donors (Lipinski definition) is 0. The highest BCUT2D eigenvalue weighted by Crippen LogP contribution is 2.45. The summed E-state index contributed by atoms with van der Waals surface area (Å²) in [5.41, 5.74) is 11.7. The lowest BCUT2D eigenvalue weighted by Crippen LogP contribution is -2.10. The molecule has 3 heteroatoms. The number of anilines is 3. The second-order valence-corrected chi connectivity index (χ2v) is 15.2. The normalized spacial score (nSPS) is 11.6. The van der Waals surface area contributed by atoms with Crippen LogP contribution in [0.15, 0.2) is 206 Å². The number of aromatic nitrogens is 1. The maximum Gasteiger partial charge on any atom is 0.0562 e. The van der Waals surface area contributed by atoms with Crippen molar-refractivity contribution in [1.29, 1.82) is 0 Å². The molecule has 0 N–H and O–H groups in total. The van der Waals surface area contributed by atoms with Gasteiger partial charge in [0.15, 0.2) is 0 Å². The molecule has 2 nitrogen and oxygen atoms in total. The van der Waals surface area contributed by atoms with Crippen LogP contribution < -0.4 is 4.90 Å². The first kappa shape index (κ1) is 31.6. The van der Waals surface area contributed by atoms with Crippen molar-refractivity contribution in [1.82, 2.24) is 4.57 Å². The summed E-state index contributed by atoms with van der Waals surface area (Å²) in [6.07, 6.45) is 0. The fourth-order valence-corrected chi connectivity index (χ4v) is 9.55. The molecule has 0 aliphatic heterocycles. The number of hydrogen-bond acceptors (Lipinski definition) is 2. The number of thiophene rings is 1. The van der Waals surface area contributed by atoms with Gasteiger partial charge in [0.05, 0.1) is 16.7 Å². The van der Waals surface area contributed by atoms with Crippen molar-refractivity contribution in [3.63, 3.8) is 0 Å². The minimum Gasteiger partial charge on any atom is -0.310 e. The van der Waals surface area contributed by atoms with Gasteiger partial charge in [-0.25, -0.2) is 0 Å². The van der Waals surface area contributed by atoms with E-state index in [0.29, 0.717) is 0 Å². The van der Waals surface area contributed by atoms with Crippen LogP contribution in [0.1, 0.15) is 0 Å². The first-order valence-electron chi connectivity index (χ1n) is 18.8. The second kappa shape index (κ2) is 12.9. The Morgan fingerprint density at radius 2 is 0.945 bits per heavy atom. The number of nitrogens with zero attached hydrogens (tertiary/aromatic N) is 2. The minimum absolute atomic E-state index is 1.10. The first-order valence-corrected chi connectivity index (χ1v) is 19.6. The van der Waals surface area contributed by atoms with E-state index in [4.69, 9.17) is 0 Å². The standard InChI is InChI=1S/C52H34N2S/c1-3-12-35(13-4-1)36-24-29-41(30-25-36)53(47-19-11-20-48-52(47)43-16-7-9-18-46(43)54(48)40-14-5-2-6-15-40)42-31-26-37(27-32-42)39-23-22-38-28-33-50-51(45(38)34-39)44-17-8-10-21-49(44)55-50/h1-34H. The highest BCUT2D eigenvalue weighted by atomic mass is 32.1. The van der Waals surface area contributed by atoms with Gasteiger partial charge in [0.1, 0.15) is 0 Å². The summed E-state index contributed by atoms with van der Waals surface area (Å²) >= 11 is 1.87. The number of fused-ring (bicyclic) bond motifs is 8. The Hall–Kier alpha value is -6.94. The van der Waals surface area contributed by atoms with Gasteiger partial charge in [0, 0.05) is 48.0 Å². The summed E-state index contributed by atoms with van der Waals surface area (Å²) in [6, 6.07) is 75.1. The summed E-state index contributed by atoms with van der Waals surface area (Å²) < 4.78 is 5.05. The van der Waals surface area contributed by atoms with Gasteiger partial charge in [0.25, 0.3) is 0 Å². The van der Waals surface area contributed by atoms with Crippen molar-refractivity contribution in [3.8, 4) is 27.9 Å². The number of rotatable bonds is 6. The molecule has 0 aliphatic rings. The van der Waals surface area contributed by atoms with E-state index in [9.17, 15) is 0 Å². The molecule has 2 heterocycles. The summed E-state index contributed by atoms with van der Waals surface area (Å²) in [5, 5.41) is 7.70. The van der Waals surface area contributed by atoms with E-state index in [1.165, 1.54) is 75.0 Å². The zero-order chi connectivity index (χ0) is 36.3. The van der Waals surface area contributed by atoms with E-state index >= 15 is 0 Å². The minimum atomic E-state index is 1.10. The van der Waals surface area contributed by atoms with Crippen LogP contribution in [0.5, 0.6) is 0 Å². The molecule has 0 saturated carbocycles. The molecule has 0 bridgehead atoms. The molecular formula is C52H34N2S. The van der Waals surface area contributed by atoms with Crippen molar-refractivity contribution < 1.29 is 0 Å². The van der Waals surface area contributed by atoms with Crippen LogP contribution in [0, 0.1) is 0 Å². The Labute approximate surface area is 323 Å². The van der Waals surface area contributed by atoms with Crippen molar-refractivity contribution in [3.05, 3.63) is 206 Å². The number of para-hydroxylation sites is 2. The van der Waals surface area contributed by atoms with Gasteiger partial charge in [-0.2, -0.15) is 0 Å². The molecule has 0 fully saturated rings. The van der Waals surface area contributed by atoms with E-state index in [-0.39, 0.29) is 0 Å². The SMILES string of the molecule is c1ccc(-c2ccc(N(c3ccc(-c4ccc5ccc6sc7ccccc7c6c5c4)cc3)c3cccc4c3c3ccccc3n4-c3ccccc3)cc2)cc1. The molecule has 0 saturated heterocycles. The molecule has 0 unspecified atom stereocenters. The molecule has 0 radical (unpaired) electrons. The Balaban J connectivity index is 1.08. The van der Waals surface area contributed by atoms with Crippen LogP contribution in [0.3, 0.4) is 0 Å². The third-order valence-electron chi connectivity index (χ3n) is 11.0. The van der Waals surface area contributed by atoms with Crippen LogP contribution in [0.2, 0.25) is 0 Å². The van der Waals surface area contributed by atoms with Crippen molar-refractivity contribution >= 4 is 81.1 Å². The molecule has 0 aliphatic carbocycles. The average molecular weight is 719 g/mol. The van der Waals surface area contributed by atoms with E-state index in [0.717, 1.165) is 22.7 Å². The lowest BCUT2D eigenvalue weighted by Gasteiger charge is -2.27. The molecule has 11 rings (SSSR count). The van der Waals surface area contributed by atoms with Crippen molar-refractivity contribution in [2.75, 3.05) is 4.90 Å². The van der Waals surface area contributed by atoms with Gasteiger partial charge >= 0.3 is 0 Å². The van der Waals surface area contributed by atoms with E-state index in [1.807, 2.05) is 11.3 Å². The lowest BCUT2D eigenvalue weighted by molar-refractivity contribution is 1.18. The van der Waals surface area contributed by atoms with Crippen LogP contribution >= 0.6 is 11.3 Å². The molecule has 0 spiro atoms. The Morgan fingerprint density at radius 1 is 0.364 bits per heavy atom. The molecule has 0 atom stereocenters. The van der Waals surface area contributed by atoms with Gasteiger partial charge in [0.2, 0.25) is 0 Å². The first-order chi connectivity index (χ1) is 27.3. The lowest BCUT2D eigenvalue weighted by atomic mass is 9.98. The molecule has 9 aromatic carbocycles. The van der Waals surface area contributed by atoms with Gasteiger partial charge in [-0.05, 0) is 106 Å². The van der Waals surface area contributed by atoms with E-state index < -0.39 is 0 Å². The quantitative estimate of drug-likeness (QED) is 0.166. The summed E-state index contributed by atoms with van der Waals surface area (Å²) in [6.45, 7) is 0. The average Bonchev–Trinajstić information content (AvgIpc) is 3.81. The Kier molecular flexibility index (Phi) is 7.39. The van der Waals surface area contributed by atoms with Crippen LogP contribution in [0.25, 0.3) is 80.7 Å². The largest absolute Gasteiger partial charge is 0.310 e. The predicted molar refractivity (Wildman–Crippen MR) is 237 cm³/mol. The maximum absolute atomic E-state index is 2.42. The monoisotopic (exact) mass is 718 g/mol. The van der Waals surface area contributed by atoms with Crippen LogP contribution in [-0.4, -0.2) is 4.57 Å². The fourth-order valence-electron chi connectivity index (χ4n) is 8.43. The zero-order valence-corrected chi connectivity index (χ0v) is 30.7.